The Morgan fingerprint density at radius 2 is 2.00 bits per heavy atom. The fraction of sp³-hybridized carbons (Fsp3) is 0.471. The summed E-state index contributed by atoms with van der Waals surface area (Å²) in [6.07, 6.45) is 4.88. The van der Waals surface area contributed by atoms with Gasteiger partial charge in [0, 0.05) is 6.92 Å². The standard InChI is InChI=1S/C17H21N3O3/c1-13-18-16(20-23-13)17(10-6-3-7-11-17)19-15(21)12-22-14-8-4-2-5-9-14/h2,4-5,8-9H,3,6-7,10-12H2,1H3,(H,19,21). The summed E-state index contributed by atoms with van der Waals surface area (Å²) in [5.41, 5.74) is -0.535. The summed E-state index contributed by atoms with van der Waals surface area (Å²) >= 11 is 0. The van der Waals surface area contributed by atoms with Crippen LogP contribution in [0.25, 0.3) is 0 Å². The van der Waals surface area contributed by atoms with E-state index in [0.29, 0.717) is 17.5 Å². The molecule has 1 aliphatic carbocycles. The number of hydrogen-bond donors (Lipinski definition) is 1. The maximum atomic E-state index is 12.3. The third-order valence-corrected chi connectivity index (χ3v) is 4.15. The molecule has 1 aromatic carbocycles. The van der Waals surface area contributed by atoms with Gasteiger partial charge in [-0.3, -0.25) is 4.79 Å². The number of hydrogen-bond acceptors (Lipinski definition) is 5. The number of nitrogens with one attached hydrogen (secondary N) is 1. The molecule has 6 nitrogen and oxygen atoms in total. The number of amides is 1. The Balaban J connectivity index is 1.67. The molecule has 0 atom stereocenters. The second-order valence-electron chi connectivity index (χ2n) is 5.93. The molecule has 3 rings (SSSR count). The first-order valence-corrected chi connectivity index (χ1v) is 7.98. The Hall–Kier alpha value is -2.37. The molecular formula is C17H21N3O3. The van der Waals surface area contributed by atoms with E-state index in [1.54, 1.807) is 6.92 Å². The first-order chi connectivity index (χ1) is 11.2. The predicted molar refractivity (Wildman–Crippen MR) is 83.9 cm³/mol. The molecule has 0 spiro atoms. The van der Waals surface area contributed by atoms with Crippen LogP contribution in [0.2, 0.25) is 0 Å². The van der Waals surface area contributed by atoms with E-state index in [2.05, 4.69) is 15.5 Å². The van der Waals surface area contributed by atoms with Gasteiger partial charge in [-0.1, -0.05) is 42.6 Å². The molecule has 1 aliphatic rings. The van der Waals surface area contributed by atoms with Gasteiger partial charge in [-0.2, -0.15) is 4.98 Å². The van der Waals surface area contributed by atoms with E-state index in [-0.39, 0.29) is 12.5 Å². The Kier molecular flexibility index (Phi) is 4.60. The minimum absolute atomic E-state index is 0.0252. The van der Waals surface area contributed by atoms with Crippen LogP contribution in [0.1, 0.15) is 43.8 Å². The third kappa shape index (κ3) is 3.70. The van der Waals surface area contributed by atoms with Crippen molar-refractivity contribution in [1.29, 1.82) is 0 Å². The number of ether oxygens (including phenoxy) is 1. The SMILES string of the molecule is Cc1nc(C2(NC(=O)COc3ccccc3)CCCCC2)no1. The summed E-state index contributed by atoms with van der Waals surface area (Å²) in [6, 6.07) is 9.30. The van der Waals surface area contributed by atoms with Gasteiger partial charge in [-0.05, 0) is 25.0 Å². The van der Waals surface area contributed by atoms with E-state index in [1.165, 1.54) is 0 Å². The number of aryl methyl sites for hydroxylation is 1. The molecule has 122 valence electrons. The summed E-state index contributed by atoms with van der Waals surface area (Å²) in [7, 11) is 0. The van der Waals surface area contributed by atoms with Crippen molar-refractivity contribution in [2.45, 2.75) is 44.6 Å². The Bertz CT molecular complexity index is 648. The van der Waals surface area contributed by atoms with Gasteiger partial charge in [-0.25, -0.2) is 0 Å². The summed E-state index contributed by atoms with van der Waals surface area (Å²) in [5.74, 6) is 1.59. The monoisotopic (exact) mass is 315 g/mol. The molecule has 1 saturated carbocycles. The molecule has 0 aliphatic heterocycles. The molecule has 1 fully saturated rings. The topological polar surface area (TPSA) is 77.2 Å². The van der Waals surface area contributed by atoms with E-state index in [9.17, 15) is 4.79 Å². The average molecular weight is 315 g/mol. The number of para-hydroxylation sites is 1. The number of rotatable bonds is 5. The van der Waals surface area contributed by atoms with Crippen LogP contribution in [-0.2, 0) is 10.3 Å². The van der Waals surface area contributed by atoms with Gasteiger partial charge in [0.05, 0.1) is 0 Å². The molecule has 2 aromatic rings. The summed E-state index contributed by atoms with van der Waals surface area (Å²) < 4.78 is 10.6. The van der Waals surface area contributed by atoms with Crippen molar-refractivity contribution in [3.05, 3.63) is 42.0 Å². The lowest BCUT2D eigenvalue weighted by Crippen LogP contribution is -2.49. The molecule has 0 radical (unpaired) electrons. The minimum atomic E-state index is -0.535. The summed E-state index contributed by atoms with van der Waals surface area (Å²) in [4.78, 5) is 16.7. The van der Waals surface area contributed by atoms with Crippen molar-refractivity contribution in [3.8, 4) is 5.75 Å². The highest BCUT2D eigenvalue weighted by molar-refractivity contribution is 5.78. The normalized spacial score (nSPS) is 16.7. The van der Waals surface area contributed by atoms with Gasteiger partial charge in [0.2, 0.25) is 5.89 Å². The van der Waals surface area contributed by atoms with Gasteiger partial charge in [0.25, 0.3) is 5.91 Å². The molecule has 6 heteroatoms. The Labute approximate surface area is 135 Å². The minimum Gasteiger partial charge on any atom is -0.484 e. The van der Waals surface area contributed by atoms with Gasteiger partial charge in [0.15, 0.2) is 12.4 Å². The second-order valence-corrected chi connectivity index (χ2v) is 5.93. The number of nitrogens with zero attached hydrogens (tertiary/aromatic N) is 2. The highest BCUT2D eigenvalue weighted by atomic mass is 16.5. The number of carbonyl (C=O) groups is 1. The van der Waals surface area contributed by atoms with Crippen LogP contribution < -0.4 is 10.1 Å². The zero-order valence-corrected chi connectivity index (χ0v) is 13.2. The van der Waals surface area contributed by atoms with Crippen LogP contribution in [0, 0.1) is 6.92 Å². The largest absolute Gasteiger partial charge is 0.484 e. The van der Waals surface area contributed by atoms with Crippen molar-refractivity contribution in [3.63, 3.8) is 0 Å². The van der Waals surface area contributed by atoms with E-state index in [4.69, 9.17) is 9.26 Å². The number of aromatic nitrogens is 2. The van der Waals surface area contributed by atoms with Crippen molar-refractivity contribution in [1.82, 2.24) is 15.5 Å². The van der Waals surface area contributed by atoms with E-state index in [0.717, 1.165) is 32.1 Å². The molecule has 23 heavy (non-hydrogen) atoms. The summed E-state index contributed by atoms with van der Waals surface area (Å²) in [6.45, 7) is 1.73. The number of benzene rings is 1. The van der Waals surface area contributed by atoms with Crippen molar-refractivity contribution in [2.24, 2.45) is 0 Å². The first-order valence-electron chi connectivity index (χ1n) is 7.98. The maximum absolute atomic E-state index is 12.3. The van der Waals surface area contributed by atoms with Gasteiger partial charge in [0.1, 0.15) is 11.3 Å². The van der Waals surface area contributed by atoms with Crippen LogP contribution in [0.5, 0.6) is 5.75 Å². The third-order valence-electron chi connectivity index (χ3n) is 4.15. The molecule has 0 unspecified atom stereocenters. The van der Waals surface area contributed by atoms with Crippen LogP contribution >= 0.6 is 0 Å². The summed E-state index contributed by atoms with van der Waals surface area (Å²) in [5, 5.41) is 7.12. The van der Waals surface area contributed by atoms with Gasteiger partial charge >= 0.3 is 0 Å². The van der Waals surface area contributed by atoms with Crippen molar-refractivity contribution >= 4 is 5.91 Å². The molecule has 1 heterocycles. The quantitative estimate of drug-likeness (QED) is 0.918. The van der Waals surface area contributed by atoms with Crippen LogP contribution in [0.15, 0.2) is 34.9 Å². The average Bonchev–Trinajstić information content (AvgIpc) is 3.02. The van der Waals surface area contributed by atoms with Gasteiger partial charge < -0.3 is 14.6 Å². The van der Waals surface area contributed by atoms with Crippen molar-refractivity contribution in [2.75, 3.05) is 6.61 Å². The van der Waals surface area contributed by atoms with E-state index < -0.39 is 5.54 Å². The molecule has 1 N–H and O–H groups in total. The Morgan fingerprint density at radius 3 is 2.65 bits per heavy atom. The molecule has 0 saturated heterocycles. The highest BCUT2D eigenvalue weighted by Gasteiger charge is 2.39. The van der Waals surface area contributed by atoms with E-state index in [1.807, 2.05) is 30.3 Å². The number of carbonyl (C=O) groups excluding carboxylic acids is 1. The fourth-order valence-corrected chi connectivity index (χ4v) is 3.02. The zero-order chi connectivity index (χ0) is 16.1. The first kappa shape index (κ1) is 15.5. The highest BCUT2D eigenvalue weighted by Crippen LogP contribution is 2.35. The Morgan fingerprint density at radius 1 is 1.26 bits per heavy atom. The lowest BCUT2D eigenvalue weighted by Gasteiger charge is -2.35. The van der Waals surface area contributed by atoms with Crippen LogP contribution in [0.4, 0.5) is 0 Å². The second kappa shape index (κ2) is 6.81. The molecule has 0 bridgehead atoms. The fourth-order valence-electron chi connectivity index (χ4n) is 3.02. The zero-order valence-electron chi connectivity index (χ0n) is 13.2. The molecule has 1 amide bonds. The molecule has 1 aromatic heterocycles. The molecular weight excluding hydrogens is 294 g/mol. The lowest BCUT2D eigenvalue weighted by molar-refractivity contribution is -0.125. The van der Waals surface area contributed by atoms with Crippen molar-refractivity contribution < 1.29 is 14.1 Å². The van der Waals surface area contributed by atoms with Crippen LogP contribution in [-0.4, -0.2) is 22.7 Å². The maximum Gasteiger partial charge on any atom is 0.258 e. The van der Waals surface area contributed by atoms with Gasteiger partial charge in [-0.15, -0.1) is 0 Å². The predicted octanol–water partition coefficient (Wildman–Crippen LogP) is 2.73. The van der Waals surface area contributed by atoms with Crippen LogP contribution in [0.3, 0.4) is 0 Å². The smallest absolute Gasteiger partial charge is 0.258 e. The lowest BCUT2D eigenvalue weighted by atomic mass is 9.81. The van der Waals surface area contributed by atoms with E-state index >= 15 is 0 Å².